The van der Waals surface area contributed by atoms with Crippen molar-refractivity contribution in [2.24, 2.45) is 22.7 Å². The molecular formula is C12H24N4O2. The van der Waals surface area contributed by atoms with Crippen LogP contribution in [0.3, 0.4) is 0 Å². The van der Waals surface area contributed by atoms with Crippen molar-refractivity contribution in [1.82, 2.24) is 10.2 Å². The van der Waals surface area contributed by atoms with Crippen LogP contribution in [0.15, 0.2) is 5.16 Å². The molecule has 1 fully saturated rings. The summed E-state index contributed by atoms with van der Waals surface area (Å²) in [5.41, 5.74) is 5.58. The van der Waals surface area contributed by atoms with Gasteiger partial charge < -0.3 is 21.2 Å². The zero-order valence-corrected chi connectivity index (χ0v) is 11.4. The monoisotopic (exact) mass is 256 g/mol. The van der Waals surface area contributed by atoms with Crippen molar-refractivity contribution in [2.45, 2.75) is 32.7 Å². The summed E-state index contributed by atoms with van der Waals surface area (Å²) in [5.74, 6) is -0.739. The maximum atomic E-state index is 12.2. The Labute approximate surface area is 108 Å². The SMILES string of the molecule is CC(C)C(C(=O)NC1CCCN(C)C1)C(N)=NO. The van der Waals surface area contributed by atoms with Gasteiger partial charge in [-0.1, -0.05) is 19.0 Å². The van der Waals surface area contributed by atoms with E-state index in [1.165, 1.54) is 0 Å². The van der Waals surface area contributed by atoms with E-state index in [1.807, 2.05) is 20.9 Å². The van der Waals surface area contributed by atoms with Crippen molar-refractivity contribution < 1.29 is 10.0 Å². The number of piperidine rings is 1. The van der Waals surface area contributed by atoms with E-state index in [9.17, 15) is 4.79 Å². The molecule has 1 saturated heterocycles. The van der Waals surface area contributed by atoms with E-state index < -0.39 is 5.92 Å². The first-order chi connectivity index (χ1) is 8.45. The first-order valence-electron chi connectivity index (χ1n) is 6.42. The summed E-state index contributed by atoms with van der Waals surface area (Å²) in [6.45, 7) is 5.69. The summed E-state index contributed by atoms with van der Waals surface area (Å²) in [5, 5.41) is 14.7. The van der Waals surface area contributed by atoms with Gasteiger partial charge in [0.1, 0.15) is 5.92 Å². The fourth-order valence-electron chi connectivity index (χ4n) is 2.42. The highest BCUT2D eigenvalue weighted by atomic mass is 16.4. The molecular weight excluding hydrogens is 232 g/mol. The van der Waals surface area contributed by atoms with Crippen molar-refractivity contribution in [1.29, 1.82) is 0 Å². The van der Waals surface area contributed by atoms with Crippen LogP contribution in [0.1, 0.15) is 26.7 Å². The highest BCUT2D eigenvalue weighted by Gasteiger charge is 2.29. The van der Waals surface area contributed by atoms with E-state index in [0.29, 0.717) is 0 Å². The molecule has 6 nitrogen and oxygen atoms in total. The van der Waals surface area contributed by atoms with Gasteiger partial charge >= 0.3 is 0 Å². The third-order valence-electron chi connectivity index (χ3n) is 3.35. The summed E-state index contributed by atoms with van der Waals surface area (Å²) in [7, 11) is 2.04. The van der Waals surface area contributed by atoms with Crippen LogP contribution in [0, 0.1) is 11.8 Å². The van der Waals surface area contributed by atoms with Crippen LogP contribution in [0.25, 0.3) is 0 Å². The molecule has 2 unspecified atom stereocenters. The number of carbonyl (C=O) groups excluding carboxylic acids is 1. The maximum absolute atomic E-state index is 12.2. The van der Waals surface area contributed by atoms with Crippen LogP contribution in [-0.2, 0) is 4.79 Å². The molecule has 4 N–H and O–H groups in total. The van der Waals surface area contributed by atoms with Gasteiger partial charge in [0.25, 0.3) is 0 Å². The van der Waals surface area contributed by atoms with E-state index in [2.05, 4.69) is 15.4 Å². The molecule has 0 saturated carbocycles. The largest absolute Gasteiger partial charge is 0.409 e. The third kappa shape index (κ3) is 3.87. The van der Waals surface area contributed by atoms with Gasteiger partial charge in [-0.2, -0.15) is 0 Å². The van der Waals surface area contributed by atoms with E-state index in [4.69, 9.17) is 10.9 Å². The molecule has 1 heterocycles. The van der Waals surface area contributed by atoms with Crippen LogP contribution < -0.4 is 11.1 Å². The van der Waals surface area contributed by atoms with Crippen LogP contribution in [0.5, 0.6) is 0 Å². The van der Waals surface area contributed by atoms with Crippen LogP contribution in [0.2, 0.25) is 0 Å². The average Bonchev–Trinajstić information content (AvgIpc) is 2.28. The molecule has 1 rings (SSSR count). The molecule has 0 aromatic rings. The minimum Gasteiger partial charge on any atom is -0.409 e. The smallest absolute Gasteiger partial charge is 0.231 e. The molecule has 0 aromatic heterocycles. The number of nitrogens with two attached hydrogens (primary N) is 1. The van der Waals surface area contributed by atoms with Crippen LogP contribution in [0.4, 0.5) is 0 Å². The second kappa shape index (κ2) is 6.58. The summed E-state index contributed by atoms with van der Waals surface area (Å²) < 4.78 is 0. The Hall–Kier alpha value is -1.30. The van der Waals surface area contributed by atoms with Gasteiger partial charge in [0.2, 0.25) is 5.91 Å². The number of hydrogen-bond donors (Lipinski definition) is 3. The van der Waals surface area contributed by atoms with Crippen LogP contribution >= 0.6 is 0 Å². The molecule has 1 aliphatic rings. The quantitative estimate of drug-likeness (QED) is 0.290. The highest BCUT2D eigenvalue weighted by Crippen LogP contribution is 2.14. The fourth-order valence-corrected chi connectivity index (χ4v) is 2.42. The van der Waals surface area contributed by atoms with Crippen LogP contribution in [-0.4, -0.2) is 48.0 Å². The molecule has 1 amide bonds. The summed E-state index contributed by atoms with van der Waals surface area (Å²) >= 11 is 0. The summed E-state index contributed by atoms with van der Waals surface area (Å²) in [4.78, 5) is 14.4. The minimum atomic E-state index is -0.567. The highest BCUT2D eigenvalue weighted by molar-refractivity contribution is 6.02. The van der Waals surface area contributed by atoms with Crippen molar-refractivity contribution >= 4 is 11.7 Å². The number of likely N-dealkylation sites (N-methyl/N-ethyl adjacent to an activating group) is 1. The van der Waals surface area contributed by atoms with Gasteiger partial charge in [-0.25, -0.2) is 0 Å². The van der Waals surface area contributed by atoms with E-state index in [0.717, 1.165) is 25.9 Å². The van der Waals surface area contributed by atoms with Crippen molar-refractivity contribution in [3.63, 3.8) is 0 Å². The first kappa shape index (κ1) is 14.8. The van der Waals surface area contributed by atoms with E-state index >= 15 is 0 Å². The first-order valence-corrected chi connectivity index (χ1v) is 6.42. The fraction of sp³-hybridized carbons (Fsp3) is 0.833. The van der Waals surface area contributed by atoms with Crippen molar-refractivity contribution in [2.75, 3.05) is 20.1 Å². The summed E-state index contributed by atoms with van der Waals surface area (Å²) in [6.07, 6.45) is 2.06. The number of amides is 1. The normalized spacial score (nSPS) is 24.0. The number of likely N-dealkylation sites (tertiary alicyclic amines) is 1. The molecule has 18 heavy (non-hydrogen) atoms. The molecule has 0 radical (unpaired) electrons. The van der Waals surface area contributed by atoms with Gasteiger partial charge in [0.15, 0.2) is 5.84 Å². The predicted octanol–water partition coefficient (Wildman–Crippen LogP) is 0.215. The van der Waals surface area contributed by atoms with E-state index in [1.54, 1.807) is 0 Å². The molecule has 6 heteroatoms. The van der Waals surface area contributed by atoms with Gasteiger partial charge in [0.05, 0.1) is 0 Å². The standard InChI is InChI=1S/C12H24N4O2/c1-8(2)10(11(13)15-18)12(17)14-9-5-4-6-16(3)7-9/h8-10,18H,4-7H2,1-3H3,(H2,13,15)(H,14,17). The molecule has 1 aliphatic heterocycles. The Bertz CT molecular complexity index is 317. The maximum Gasteiger partial charge on any atom is 0.231 e. The van der Waals surface area contributed by atoms with Gasteiger partial charge in [-0.3, -0.25) is 4.79 Å². The molecule has 104 valence electrons. The summed E-state index contributed by atoms with van der Waals surface area (Å²) in [6, 6.07) is 0.156. The number of nitrogens with one attached hydrogen (secondary N) is 1. The Morgan fingerprint density at radius 1 is 1.56 bits per heavy atom. The number of hydrogen-bond acceptors (Lipinski definition) is 4. The molecule has 0 aromatic carbocycles. The number of rotatable bonds is 4. The zero-order chi connectivity index (χ0) is 13.7. The predicted molar refractivity (Wildman–Crippen MR) is 70.4 cm³/mol. The Morgan fingerprint density at radius 3 is 2.72 bits per heavy atom. The minimum absolute atomic E-state index is 0.00206. The Kier molecular flexibility index (Phi) is 5.40. The second-order valence-corrected chi connectivity index (χ2v) is 5.36. The Morgan fingerprint density at radius 2 is 2.22 bits per heavy atom. The molecule has 2 atom stereocenters. The molecule has 0 aliphatic carbocycles. The number of oxime groups is 1. The Balaban J connectivity index is 2.61. The van der Waals surface area contributed by atoms with Crippen molar-refractivity contribution in [3.8, 4) is 0 Å². The zero-order valence-electron chi connectivity index (χ0n) is 11.4. The van der Waals surface area contributed by atoms with E-state index in [-0.39, 0.29) is 23.7 Å². The second-order valence-electron chi connectivity index (χ2n) is 5.36. The topological polar surface area (TPSA) is 91.0 Å². The van der Waals surface area contributed by atoms with Gasteiger partial charge in [0, 0.05) is 12.6 Å². The lowest BCUT2D eigenvalue weighted by atomic mass is 9.93. The number of amidine groups is 1. The third-order valence-corrected chi connectivity index (χ3v) is 3.35. The lowest BCUT2D eigenvalue weighted by Crippen LogP contribution is -2.50. The number of carbonyl (C=O) groups is 1. The lowest BCUT2D eigenvalue weighted by Gasteiger charge is -2.31. The van der Waals surface area contributed by atoms with Gasteiger partial charge in [-0.15, -0.1) is 0 Å². The average molecular weight is 256 g/mol. The number of nitrogens with zero attached hydrogens (tertiary/aromatic N) is 2. The van der Waals surface area contributed by atoms with Crippen molar-refractivity contribution in [3.05, 3.63) is 0 Å². The van der Waals surface area contributed by atoms with Gasteiger partial charge in [-0.05, 0) is 32.4 Å². The lowest BCUT2D eigenvalue weighted by molar-refractivity contribution is -0.125. The molecule has 0 spiro atoms. The molecule has 0 bridgehead atoms.